The molecule has 110 valence electrons. The predicted molar refractivity (Wildman–Crippen MR) is 64.2 cm³/mol. The number of H-pyrrole nitrogens is 1. The van der Waals surface area contributed by atoms with Gasteiger partial charge in [-0.05, 0) is 6.08 Å². The van der Waals surface area contributed by atoms with Crippen LogP contribution in [0.1, 0.15) is 11.8 Å². The topological polar surface area (TPSA) is 125 Å². The van der Waals surface area contributed by atoms with Gasteiger partial charge in [0.25, 0.3) is 5.56 Å². The Bertz CT molecular complexity index is 624. The molecule has 1 aromatic heterocycles. The summed E-state index contributed by atoms with van der Waals surface area (Å²) in [4.78, 5) is 25.0. The van der Waals surface area contributed by atoms with E-state index in [2.05, 4.69) is 0 Å². The van der Waals surface area contributed by atoms with Crippen LogP contribution in [0.5, 0.6) is 0 Å². The lowest BCUT2D eigenvalue weighted by Gasteiger charge is -2.18. The first-order valence-corrected chi connectivity index (χ1v) is 5.74. The fourth-order valence-electron chi connectivity index (χ4n) is 2.01. The van der Waals surface area contributed by atoms with Crippen molar-refractivity contribution in [1.29, 1.82) is 0 Å². The molecule has 2 rings (SSSR count). The molecule has 0 aromatic carbocycles. The van der Waals surface area contributed by atoms with Crippen molar-refractivity contribution in [1.82, 2.24) is 9.55 Å². The lowest BCUT2D eigenvalue weighted by molar-refractivity contribution is -0.134. The zero-order valence-electron chi connectivity index (χ0n) is 10.1. The van der Waals surface area contributed by atoms with Crippen LogP contribution in [0.15, 0.2) is 22.1 Å². The van der Waals surface area contributed by atoms with E-state index in [4.69, 9.17) is 9.84 Å². The SMILES string of the molecule is O=c1[nH]c(=O)n([C@@H]2O[C@H](O)[C@@H](CO)[C@@H]2O)cc1/C=C/F. The van der Waals surface area contributed by atoms with Crippen LogP contribution in [-0.4, -0.2) is 43.9 Å². The van der Waals surface area contributed by atoms with Crippen molar-refractivity contribution < 1.29 is 24.4 Å². The molecule has 1 fully saturated rings. The van der Waals surface area contributed by atoms with Crippen molar-refractivity contribution >= 4 is 6.08 Å². The third kappa shape index (κ3) is 2.43. The van der Waals surface area contributed by atoms with E-state index in [0.29, 0.717) is 0 Å². The average Bonchev–Trinajstić information content (AvgIpc) is 2.68. The zero-order valence-corrected chi connectivity index (χ0v) is 10.1. The standard InChI is InChI=1S/C11H13FN2O6/c12-2-1-5-3-14(11(19)13-8(5)17)9-7(16)6(4-15)10(18)20-9/h1-3,6-7,9-10,15-16,18H,4H2,(H,13,17,19)/b2-1+/t6-,7-,9+,10-/m0/s1. The quantitative estimate of drug-likeness (QED) is 0.525. The normalized spacial score (nSPS) is 30.2. The fraction of sp³-hybridized carbons (Fsp3) is 0.455. The van der Waals surface area contributed by atoms with Gasteiger partial charge < -0.3 is 20.1 Å². The van der Waals surface area contributed by atoms with Gasteiger partial charge in [-0.3, -0.25) is 14.3 Å². The van der Waals surface area contributed by atoms with E-state index < -0.39 is 42.4 Å². The summed E-state index contributed by atoms with van der Waals surface area (Å²) >= 11 is 0. The van der Waals surface area contributed by atoms with Crippen molar-refractivity contribution in [3.05, 3.63) is 38.9 Å². The summed E-state index contributed by atoms with van der Waals surface area (Å²) in [5.41, 5.74) is -1.85. The Morgan fingerprint density at radius 1 is 1.45 bits per heavy atom. The molecule has 0 aliphatic carbocycles. The zero-order chi connectivity index (χ0) is 14.9. The first-order valence-electron chi connectivity index (χ1n) is 5.74. The summed E-state index contributed by atoms with van der Waals surface area (Å²) in [6.45, 7) is -0.547. The maximum absolute atomic E-state index is 12.1. The number of aromatic amines is 1. The molecule has 1 aromatic rings. The van der Waals surface area contributed by atoms with Gasteiger partial charge in [-0.15, -0.1) is 0 Å². The summed E-state index contributed by atoms with van der Waals surface area (Å²) in [6.07, 6.45) is -2.16. The van der Waals surface area contributed by atoms with Crippen molar-refractivity contribution in [2.45, 2.75) is 18.6 Å². The summed E-state index contributed by atoms with van der Waals surface area (Å²) < 4.78 is 18.0. The molecule has 4 atom stereocenters. The van der Waals surface area contributed by atoms with Crippen LogP contribution in [0.25, 0.3) is 6.08 Å². The highest BCUT2D eigenvalue weighted by Gasteiger charge is 2.43. The van der Waals surface area contributed by atoms with Crippen LogP contribution >= 0.6 is 0 Å². The van der Waals surface area contributed by atoms with Crippen LogP contribution in [0.4, 0.5) is 4.39 Å². The predicted octanol–water partition coefficient (Wildman–Crippen LogP) is -1.71. The number of halogens is 1. The molecule has 9 heteroatoms. The lowest BCUT2D eigenvalue weighted by Crippen LogP contribution is -2.37. The van der Waals surface area contributed by atoms with E-state index in [1.807, 2.05) is 4.98 Å². The Kier molecular flexibility index (Phi) is 4.14. The molecule has 0 saturated carbocycles. The Balaban J connectivity index is 2.46. The molecule has 2 heterocycles. The maximum atomic E-state index is 12.1. The van der Waals surface area contributed by atoms with E-state index in [0.717, 1.165) is 16.8 Å². The summed E-state index contributed by atoms with van der Waals surface area (Å²) in [5.74, 6) is -0.987. The minimum atomic E-state index is -1.46. The second-order valence-corrected chi connectivity index (χ2v) is 4.30. The first kappa shape index (κ1) is 14.6. The highest BCUT2D eigenvalue weighted by Crippen LogP contribution is 2.31. The van der Waals surface area contributed by atoms with Crippen LogP contribution < -0.4 is 11.2 Å². The van der Waals surface area contributed by atoms with Crippen molar-refractivity contribution in [2.75, 3.05) is 6.61 Å². The highest BCUT2D eigenvalue weighted by atomic mass is 19.1. The van der Waals surface area contributed by atoms with E-state index in [9.17, 15) is 24.2 Å². The van der Waals surface area contributed by atoms with Crippen LogP contribution in [0.2, 0.25) is 0 Å². The second-order valence-electron chi connectivity index (χ2n) is 4.30. The van der Waals surface area contributed by atoms with Crippen LogP contribution in [0, 0.1) is 5.92 Å². The fourth-order valence-corrected chi connectivity index (χ4v) is 2.01. The molecule has 0 bridgehead atoms. The number of aliphatic hydroxyl groups is 3. The van der Waals surface area contributed by atoms with Gasteiger partial charge in [0.05, 0.1) is 24.4 Å². The van der Waals surface area contributed by atoms with Crippen LogP contribution in [-0.2, 0) is 4.74 Å². The monoisotopic (exact) mass is 288 g/mol. The number of ether oxygens (including phenoxy) is 1. The van der Waals surface area contributed by atoms with Gasteiger partial charge in [0, 0.05) is 6.20 Å². The van der Waals surface area contributed by atoms with Gasteiger partial charge in [-0.2, -0.15) is 0 Å². The summed E-state index contributed by atoms with van der Waals surface area (Å²) in [6, 6.07) is 0. The lowest BCUT2D eigenvalue weighted by atomic mass is 10.0. The van der Waals surface area contributed by atoms with Gasteiger partial charge in [0.15, 0.2) is 12.5 Å². The molecular formula is C11H13FN2O6. The van der Waals surface area contributed by atoms with Gasteiger partial charge in [-0.1, -0.05) is 0 Å². The Morgan fingerprint density at radius 3 is 2.70 bits per heavy atom. The number of nitrogens with zero attached hydrogens (tertiary/aromatic N) is 1. The van der Waals surface area contributed by atoms with Gasteiger partial charge >= 0.3 is 5.69 Å². The molecule has 1 aliphatic heterocycles. The summed E-state index contributed by atoms with van der Waals surface area (Å²) in [5, 5.41) is 28.4. The van der Waals surface area contributed by atoms with E-state index in [-0.39, 0.29) is 11.9 Å². The molecule has 20 heavy (non-hydrogen) atoms. The molecule has 4 N–H and O–H groups in total. The number of aliphatic hydroxyl groups excluding tert-OH is 3. The van der Waals surface area contributed by atoms with Gasteiger partial charge in [-0.25, -0.2) is 9.18 Å². The third-order valence-corrected chi connectivity index (χ3v) is 3.10. The molecule has 0 unspecified atom stereocenters. The van der Waals surface area contributed by atoms with Crippen molar-refractivity contribution in [2.24, 2.45) is 5.92 Å². The van der Waals surface area contributed by atoms with Crippen molar-refractivity contribution in [3.8, 4) is 0 Å². The molecular weight excluding hydrogens is 275 g/mol. The molecule has 0 spiro atoms. The number of hydrogen-bond acceptors (Lipinski definition) is 6. The Hall–Kier alpha value is -1.81. The minimum absolute atomic E-state index is 0.122. The van der Waals surface area contributed by atoms with Crippen molar-refractivity contribution in [3.63, 3.8) is 0 Å². The number of aromatic nitrogens is 2. The number of nitrogens with one attached hydrogen (secondary N) is 1. The second kappa shape index (κ2) is 5.67. The molecule has 0 radical (unpaired) electrons. The largest absolute Gasteiger partial charge is 0.396 e. The highest BCUT2D eigenvalue weighted by molar-refractivity contribution is 5.44. The van der Waals surface area contributed by atoms with E-state index in [1.165, 1.54) is 0 Å². The maximum Gasteiger partial charge on any atom is 0.330 e. The Morgan fingerprint density at radius 2 is 2.15 bits per heavy atom. The smallest absolute Gasteiger partial charge is 0.330 e. The van der Waals surface area contributed by atoms with E-state index >= 15 is 0 Å². The average molecular weight is 288 g/mol. The number of hydrogen-bond donors (Lipinski definition) is 4. The molecule has 8 nitrogen and oxygen atoms in total. The van der Waals surface area contributed by atoms with Crippen LogP contribution in [0.3, 0.4) is 0 Å². The van der Waals surface area contributed by atoms with E-state index in [1.54, 1.807) is 0 Å². The summed E-state index contributed by atoms with van der Waals surface area (Å²) in [7, 11) is 0. The Labute approximate surface area is 111 Å². The molecule has 1 aliphatic rings. The minimum Gasteiger partial charge on any atom is -0.396 e. The first-order chi connectivity index (χ1) is 9.49. The van der Waals surface area contributed by atoms with Gasteiger partial charge in [0.1, 0.15) is 6.10 Å². The van der Waals surface area contributed by atoms with Gasteiger partial charge in [0.2, 0.25) is 0 Å². The molecule has 0 amide bonds. The number of rotatable bonds is 3. The third-order valence-electron chi connectivity index (χ3n) is 3.10. The molecule has 1 saturated heterocycles.